The molecule has 1 aromatic heterocycles. The lowest BCUT2D eigenvalue weighted by molar-refractivity contribution is -0.128. The summed E-state index contributed by atoms with van der Waals surface area (Å²) in [5.41, 5.74) is 2.55. The first-order valence-electron chi connectivity index (χ1n) is 7.44. The minimum Gasteiger partial charge on any atom is -0.362 e. The van der Waals surface area contributed by atoms with Gasteiger partial charge in [-0.3, -0.25) is 4.79 Å². The molecule has 0 fully saturated rings. The van der Waals surface area contributed by atoms with Gasteiger partial charge in [-0.25, -0.2) is 0 Å². The average Bonchev–Trinajstić information content (AvgIpc) is 2.92. The molecule has 1 aliphatic rings. The van der Waals surface area contributed by atoms with Gasteiger partial charge in [-0.1, -0.05) is 29.8 Å². The molecule has 0 saturated carbocycles. The molecule has 0 unspecified atom stereocenters. The third-order valence-electron chi connectivity index (χ3n) is 3.98. The van der Waals surface area contributed by atoms with Crippen molar-refractivity contribution < 1.29 is 4.79 Å². The Morgan fingerprint density at radius 1 is 1.32 bits per heavy atom. The maximum absolute atomic E-state index is 12.5. The van der Waals surface area contributed by atoms with Crippen LogP contribution in [0.5, 0.6) is 0 Å². The van der Waals surface area contributed by atoms with Gasteiger partial charge in [0.25, 0.3) is 0 Å². The zero-order valence-corrected chi connectivity index (χ0v) is 14.2. The summed E-state index contributed by atoms with van der Waals surface area (Å²) in [7, 11) is 1.85. The number of nitrogens with zero attached hydrogens (tertiary/aromatic N) is 2. The molecule has 5 heteroatoms. The van der Waals surface area contributed by atoms with E-state index in [2.05, 4.69) is 23.1 Å². The Morgan fingerprint density at radius 3 is 2.91 bits per heavy atom. The highest BCUT2D eigenvalue weighted by molar-refractivity contribution is 7.16. The highest BCUT2D eigenvalue weighted by Gasteiger charge is 2.20. The van der Waals surface area contributed by atoms with Crippen molar-refractivity contribution in [3.63, 3.8) is 0 Å². The number of carbonyl (C=O) groups is 1. The van der Waals surface area contributed by atoms with Crippen molar-refractivity contribution in [1.82, 2.24) is 4.90 Å². The van der Waals surface area contributed by atoms with Gasteiger partial charge >= 0.3 is 0 Å². The molecule has 116 valence electrons. The zero-order chi connectivity index (χ0) is 15.5. The normalized spacial score (nSPS) is 13.8. The molecule has 22 heavy (non-hydrogen) atoms. The second-order valence-corrected chi connectivity index (χ2v) is 7.41. The van der Waals surface area contributed by atoms with E-state index >= 15 is 0 Å². The number of halogens is 1. The first-order chi connectivity index (χ1) is 10.6. The van der Waals surface area contributed by atoms with Crippen LogP contribution in [0.1, 0.15) is 16.9 Å². The molecule has 0 N–H and O–H groups in total. The molecule has 2 aromatic rings. The third kappa shape index (κ3) is 3.45. The first-order valence-corrected chi connectivity index (χ1v) is 8.64. The molecule has 1 aliphatic heterocycles. The second-order valence-electron chi connectivity index (χ2n) is 5.61. The molecule has 1 aromatic carbocycles. The minimum atomic E-state index is 0.140. The number of anilines is 1. The van der Waals surface area contributed by atoms with E-state index in [1.807, 2.05) is 25.2 Å². The van der Waals surface area contributed by atoms with Crippen LogP contribution in [0.4, 0.5) is 5.69 Å². The van der Waals surface area contributed by atoms with Crippen LogP contribution in [0.15, 0.2) is 36.4 Å². The van der Waals surface area contributed by atoms with E-state index in [9.17, 15) is 4.79 Å². The number of fused-ring (bicyclic) bond motifs is 1. The number of amides is 1. The van der Waals surface area contributed by atoms with E-state index in [0.717, 1.165) is 28.6 Å². The SMILES string of the molecule is CN(Cc1ccc(Cl)s1)C(=O)CN1CCCc2ccccc21. The lowest BCUT2D eigenvalue weighted by atomic mass is 10.0. The summed E-state index contributed by atoms with van der Waals surface area (Å²) in [6.45, 7) is 2.00. The predicted molar refractivity (Wildman–Crippen MR) is 92.8 cm³/mol. The monoisotopic (exact) mass is 334 g/mol. The van der Waals surface area contributed by atoms with Crippen molar-refractivity contribution in [3.05, 3.63) is 51.2 Å². The van der Waals surface area contributed by atoms with Crippen LogP contribution in [0.25, 0.3) is 0 Å². The summed E-state index contributed by atoms with van der Waals surface area (Å²) in [6.07, 6.45) is 2.21. The number of rotatable bonds is 4. The maximum atomic E-state index is 12.5. The summed E-state index contributed by atoms with van der Waals surface area (Å²) in [4.78, 5) is 17.6. The number of para-hydroxylation sites is 1. The molecule has 0 saturated heterocycles. The highest BCUT2D eigenvalue weighted by atomic mass is 35.5. The molecule has 3 rings (SSSR count). The first kappa shape index (κ1) is 15.4. The topological polar surface area (TPSA) is 23.6 Å². The van der Waals surface area contributed by atoms with Gasteiger partial charge in [-0.2, -0.15) is 0 Å². The highest BCUT2D eigenvalue weighted by Crippen LogP contribution is 2.27. The summed E-state index contributed by atoms with van der Waals surface area (Å²) < 4.78 is 0.765. The van der Waals surface area contributed by atoms with E-state index < -0.39 is 0 Å². The molecule has 0 aliphatic carbocycles. The van der Waals surface area contributed by atoms with Gasteiger partial charge in [0.1, 0.15) is 0 Å². The molecule has 0 atom stereocenters. The van der Waals surface area contributed by atoms with E-state index in [-0.39, 0.29) is 5.91 Å². The van der Waals surface area contributed by atoms with Crippen LogP contribution in [0.3, 0.4) is 0 Å². The Balaban J connectivity index is 1.64. The fourth-order valence-electron chi connectivity index (χ4n) is 2.82. The van der Waals surface area contributed by atoms with E-state index in [4.69, 9.17) is 11.6 Å². The van der Waals surface area contributed by atoms with E-state index in [0.29, 0.717) is 13.1 Å². The van der Waals surface area contributed by atoms with Gasteiger partial charge in [0.15, 0.2) is 0 Å². The third-order valence-corrected chi connectivity index (χ3v) is 5.20. The van der Waals surface area contributed by atoms with Crippen molar-refractivity contribution >= 4 is 34.5 Å². The van der Waals surface area contributed by atoms with Crippen LogP contribution < -0.4 is 4.90 Å². The number of thiophene rings is 1. The fourth-order valence-corrected chi connectivity index (χ4v) is 3.96. The smallest absolute Gasteiger partial charge is 0.242 e. The van der Waals surface area contributed by atoms with Crippen LogP contribution >= 0.6 is 22.9 Å². The maximum Gasteiger partial charge on any atom is 0.242 e. The minimum absolute atomic E-state index is 0.140. The Labute approximate surface area is 140 Å². The summed E-state index contributed by atoms with van der Waals surface area (Å²) in [6, 6.07) is 12.2. The molecular weight excluding hydrogens is 316 g/mol. The fraction of sp³-hybridized carbons (Fsp3) is 0.353. The second kappa shape index (κ2) is 6.71. The average molecular weight is 335 g/mol. The van der Waals surface area contributed by atoms with Crippen molar-refractivity contribution in [3.8, 4) is 0 Å². The Morgan fingerprint density at radius 2 is 2.14 bits per heavy atom. The lowest BCUT2D eigenvalue weighted by Crippen LogP contribution is -2.40. The molecular formula is C17H19ClN2OS. The van der Waals surface area contributed by atoms with Crippen LogP contribution in [-0.4, -0.2) is 30.9 Å². The number of hydrogen-bond acceptors (Lipinski definition) is 3. The number of likely N-dealkylation sites (N-methyl/N-ethyl adjacent to an activating group) is 1. The molecule has 0 spiro atoms. The van der Waals surface area contributed by atoms with Crippen LogP contribution in [-0.2, 0) is 17.8 Å². The zero-order valence-electron chi connectivity index (χ0n) is 12.6. The van der Waals surface area contributed by atoms with Gasteiger partial charge in [0.05, 0.1) is 17.4 Å². The van der Waals surface area contributed by atoms with Crippen molar-refractivity contribution in [1.29, 1.82) is 0 Å². The van der Waals surface area contributed by atoms with Gasteiger partial charge in [0.2, 0.25) is 5.91 Å². The molecule has 1 amide bonds. The summed E-state index contributed by atoms with van der Waals surface area (Å²) in [5.74, 6) is 0.140. The molecule has 0 radical (unpaired) electrons. The van der Waals surface area contributed by atoms with Gasteiger partial charge in [-0.15, -0.1) is 11.3 Å². The van der Waals surface area contributed by atoms with E-state index in [1.54, 1.807) is 4.90 Å². The van der Waals surface area contributed by atoms with Crippen LogP contribution in [0.2, 0.25) is 4.34 Å². The summed E-state index contributed by atoms with van der Waals surface area (Å²) in [5, 5.41) is 0. The van der Waals surface area contributed by atoms with Crippen molar-refractivity contribution in [2.24, 2.45) is 0 Å². The number of hydrogen-bond donors (Lipinski definition) is 0. The molecule has 2 heterocycles. The van der Waals surface area contributed by atoms with Gasteiger partial charge in [0, 0.05) is 24.2 Å². The lowest BCUT2D eigenvalue weighted by Gasteiger charge is -2.32. The van der Waals surface area contributed by atoms with E-state index in [1.165, 1.54) is 22.6 Å². The van der Waals surface area contributed by atoms with Crippen molar-refractivity contribution in [2.75, 3.05) is 25.0 Å². The van der Waals surface area contributed by atoms with Crippen molar-refractivity contribution in [2.45, 2.75) is 19.4 Å². The summed E-state index contributed by atoms with van der Waals surface area (Å²) >= 11 is 7.47. The number of benzene rings is 1. The standard InChI is InChI=1S/C17H19ClN2OS/c1-19(11-14-8-9-16(18)22-14)17(21)12-20-10-4-6-13-5-2-3-7-15(13)20/h2-3,5,7-9H,4,6,10-12H2,1H3. The largest absolute Gasteiger partial charge is 0.362 e. The predicted octanol–water partition coefficient (Wildman–Crippen LogP) is 3.81. The Bertz CT molecular complexity index is 670. The molecule has 0 bridgehead atoms. The van der Waals surface area contributed by atoms with Gasteiger partial charge < -0.3 is 9.80 Å². The van der Waals surface area contributed by atoms with Crippen LogP contribution in [0, 0.1) is 0 Å². The molecule has 3 nitrogen and oxygen atoms in total. The Hall–Kier alpha value is -1.52. The number of aryl methyl sites for hydroxylation is 1. The Kier molecular flexibility index (Phi) is 4.69. The quantitative estimate of drug-likeness (QED) is 0.848. The van der Waals surface area contributed by atoms with Gasteiger partial charge in [-0.05, 0) is 36.6 Å². The number of carbonyl (C=O) groups excluding carboxylic acids is 1.